The average molecular weight is 499 g/mol. The van der Waals surface area contributed by atoms with Crippen LogP contribution in [-0.4, -0.2) is 81.7 Å². The maximum atomic E-state index is 13.3. The van der Waals surface area contributed by atoms with Crippen LogP contribution in [-0.2, 0) is 9.59 Å². The van der Waals surface area contributed by atoms with Crippen LogP contribution in [0.3, 0.4) is 0 Å². The first-order valence-corrected chi connectivity index (χ1v) is 11.7. The average Bonchev–Trinajstić information content (AvgIpc) is 3.14. The van der Waals surface area contributed by atoms with Crippen LogP contribution in [0.15, 0.2) is 42.0 Å². The molecule has 9 heteroatoms. The van der Waals surface area contributed by atoms with Crippen molar-refractivity contribution in [1.82, 2.24) is 9.80 Å². The number of amides is 1. The fourth-order valence-electron chi connectivity index (χ4n) is 4.11. The van der Waals surface area contributed by atoms with E-state index in [1.165, 1.54) is 26.2 Å². The minimum Gasteiger partial charge on any atom is -0.507 e. The zero-order chi connectivity index (χ0) is 26.4. The highest BCUT2D eigenvalue weighted by Gasteiger charge is 2.46. The number of carbonyl (C=O) groups excluding carboxylic acids is 2. The summed E-state index contributed by atoms with van der Waals surface area (Å²) in [7, 11) is 8.25. The number of methoxy groups -OCH3 is 3. The van der Waals surface area contributed by atoms with Crippen molar-refractivity contribution in [1.29, 1.82) is 0 Å². The molecule has 3 rings (SSSR count). The minimum absolute atomic E-state index is 0.00439. The lowest BCUT2D eigenvalue weighted by Gasteiger charge is -2.27. The van der Waals surface area contributed by atoms with Gasteiger partial charge >= 0.3 is 0 Å². The number of rotatable bonds is 11. The van der Waals surface area contributed by atoms with Crippen LogP contribution in [0.4, 0.5) is 0 Å². The third-order valence-corrected chi connectivity index (χ3v) is 5.93. The summed E-state index contributed by atoms with van der Waals surface area (Å²) in [5.41, 5.74) is 0.948. The predicted molar refractivity (Wildman–Crippen MR) is 136 cm³/mol. The largest absolute Gasteiger partial charge is 0.507 e. The van der Waals surface area contributed by atoms with Gasteiger partial charge < -0.3 is 33.9 Å². The maximum Gasteiger partial charge on any atom is 0.295 e. The van der Waals surface area contributed by atoms with E-state index in [1.807, 2.05) is 25.9 Å². The molecule has 0 saturated carbocycles. The maximum absolute atomic E-state index is 13.3. The predicted octanol–water partition coefficient (Wildman–Crippen LogP) is 3.48. The Morgan fingerprint density at radius 1 is 1.00 bits per heavy atom. The van der Waals surface area contributed by atoms with E-state index in [0.717, 1.165) is 6.42 Å². The molecule has 194 valence electrons. The highest BCUT2D eigenvalue weighted by molar-refractivity contribution is 6.46. The molecule has 1 saturated heterocycles. The lowest BCUT2D eigenvalue weighted by Crippen LogP contribution is -2.35. The molecule has 0 radical (unpaired) electrons. The van der Waals surface area contributed by atoms with Gasteiger partial charge in [0.15, 0.2) is 11.5 Å². The van der Waals surface area contributed by atoms with Gasteiger partial charge in [-0.3, -0.25) is 9.59 Å². The summed E-state index contributed by atoms with van der Waals surface area (Å²) in [5, 5.41) is 11.3. The molecule has 1 N–H and O–H groups in total. The molecule has 1 aliphatic rings. The lowest BCUT2D eigenvalue weighted by atomic mass is 9.94. The van der Waals surface area contributed by atoms with Crippen LogP contribution in [0.2, 0.25) is 0 Å². The van der Waals surface area contributed by atoms with E-state index in [4.69, 9.17) is 18.9 Å². The fourth-order valence-corrected chi connectivity index (χ4v) is 4.11. The molecule has 9 nitrogen and oxygen atoms in total. The van der Waals surface area contributed by atoms with Crippen molar-refractivity contribution >= 4 is 17.4 Å². The second kappa shape index (κ2) is 11.8. The Bertz CT molecular complexity index is 1100. The number of hydrogen-bond donors (Lipinski definition) is 1. The molecular weight excluding hydrogens is 464 g/mol. The molecule has 1 amide bonds. The fraction of sp³-hybridized carbons (Fsp3) is 0.407. The summed E-state index contributed by atoms with van der Waals surface area (Å²) < 4.78 is 22.0. The molecule has 2 aromatic rings. The molecule has 0 aromatic heterocycles. The van der Waals surface area contributed by atoms with Gasteiger partial charge in [0.25, 0.3) is 11.7 Å². The van der Waals surface area contributed by atoms with E-state index < -0.39 is 17.7 Å². The molecule has 1 aliphatic heterocycles. The zero-order valence-corrected chi connectivity index (χ0v) is 21.7. The lowest BCUT2D eigenvalue weighted by molar-refractivity contribution is -0.140. The second-order valence-electron chi connectivity index (χ2n) is 8.63. The van der Waals surface area contributed by atoms with Crippen molar-refractivity contribution in [3.63, 3.8) is 0 Å². The third kappa shape index (κ3) is 5.41. The summed E-state index contributed by atoms with van der Waals surface area (Å²) in [6, 6.07) is 9.31. The van der Waals surface area contributed by atoms with Gasteiger partial charge in [0.2, 0.25) is 5.75 Å². The number of likely N-dealkylation sites (tertiary alicyclic amines) is 1. The normalized spacial score (nSPS) is 17.0. The van der Waals surface area contributed by atoms with Crippen LogP contribution in [0.1, 0.15) is 30.5 Å². The Balaban J connectivity index is 2.17. The zero-order valence-electron chi connectivity index (χ0n) is 21.7. The van der Waals surface area contributed by atoms with E-state index in [2.05, 4.69) is 0 Å². The van der Waals surface area contributed by atoms with Crippen LogP contribution < -0.4 is 18.9 Å². The summed E-state index contributed by atoms with van der Waals surface area (Å²) >= 11 is 0. The van der Waals surface area contributed by atoms with E-state index >= 15 is 0 Å². The molecule has 1 fully saturated rings. The van der Waals surface area contributed by atoms with E-state index in [1.54, 1.807) is 36.4 Å². The van der Waals surface area contributed by atoms with E-state index in [-0.39, 0.29) is 17.9 Å². The van der Waals surface area contributed by atoms with Crippen molar-refractivity contribution in [2.75, 3.05) is 55.1 Å². The van der Waals surface area contributed by atoms with Crippen molar-refractivity contribution in [2.24, 2.45) is 0 Å². The highest BCUT2D eigenvalue weighted by Crippen LogP contribution is 2.45. The van der Waals surface area contributed by atoms with Crippen molar-refractivity contribution in [3.05, 3.63) is 53.1 Å². The van der Waals surface area contributed by atoms with E-state index in [0.29, 0.717) is 47.3 Å². The minimum atomic E-state index is -0.852. The summed E-state index contributed by atoms with van der Waals surface area (Å²) in [5.74, 6) is 0.0977. The van der Waals surface area contributed by atoms with Gasteiger partial charge in [0.05, 0.1) is 39.6 Å². The first kappa shape index (κ1) is 26.9. The molecule has 0 bridgehead atoms. The summed E-state index contributed by atoms with van der Waals surface area (Å²) in [6.07, 6.45) is 0.868. The molecule has 1 heterocycles. The number of hydrogen-bond acceptors (Lipinski definition) is 8. The first-order valence-electron chi connectivity index (χ1n) is 11.7. The molecular formula is C27H34N2O7. The number of Topliss-reactive ketones (excluding diaryl/α,β-unsaturated/α-hetero) is 1. The summed E-state index contributed by atoms with van der Waals surface area (Å²) in [4.78, 5) is 29.8. The quantitative estimate of drug-likeness (QED) is 0.286. The standard InChI is InChI=1S/C27H34N2O7/c1-7-14-36-19-10-8-17(9-11-19)24(30)22-23(29(13-12-28(2)3)27(32)25(22)31)18-15-20(33-4)26(35-6)21(16-18)34-5/h8-11,15-16,23,30H,7,12-14H2,1-6H3. The number of nitrogens with zero attached hydrogens (tertiary/aromatic N) is 2. The van der Waals surface area contributed by atoms with Crippen LogP contribution in [0.25, 0.3) is 5.76 Å². The molecule has 1 unspecified atom stereocenters. The smallest absolute Gasteiger partial charge is 0.295 e. The molecule has 0 spiro atoms. The number of aliphatic hydroxyl groups is 1. The Labute approximate surface area is 211 Å². The van der Waals surface area contributed by atoms with E-state index in [9.17, 15) is 14.7 Å². The van der Waals surface area contributed by atoms with Crippen molar-refractivity contribution in [3.8, 4) is 23.0 Å². The van der Waals surface area contributed by atoms with Gasteiger partial charge in [-0.15, -0.1) is 0 Å². The number of ether oxygens (including phenoxy) is 4. The highest BCUT2D eigenvalue weighted by atomic mass is 16.5. The van der Waals surface area contributed by atoms with Gasteiger partial charge in [-0.1, -0.05) is 6.92 Å². The first-order chi connectivity index (χ1) is 17.3. The number of likely N-dealkylation sites (N-methyl/N-ethyl adjacent to an activating group) is 1. The molecule has 1 atom stereocenters. The van der Waals surface area contributed by atoms with Gasteiger partial charge in [-0.05, 0) is 62.5 Å². The topological polar surface area (TPSA) is 97.8 Å². The van der Waals surface area contributed by atoms with Crippen LogP contribution >= 0.6 is 0 Å². The third-order valence-electron chi connectivity index (χ3n) is 5.93. The Morgan fingerprint density at radius 2 is 1.61 bits per heavy atom. The Morgan fingerprint density at radius 3 is 2.11 bits per heavy atom. The molecule has 2 aromatic carbocycles. The van der Waals surface area contributed by atoms with Gasteiger partial charge in [0, 0.05) is 18.7 Å². The monoisotopic (exact) mass is 498 g/mol. The summed E-state index contributed by atoms with van der Waals surface area (Å²) in [6.45, 7) is 3.39. The van der Waals surface area contributed by atoms with Crippen molar-refractivity contribution < 1.29 is 33.6 Å². The number of carbonyl (C=O) groups is 2. The van der Waals surface area contributed by atoms with Crippen molar-refractivity contribution in [2.45, 2.75) is 19.4 Å². The SMILES string of the molecule is CCCOc1ccc(C(O)=C2C(=O)C(=O)N(CCN(C)C)C2c2cc(OC)c(OC)c(OC)c2)cc1. The van der Waals surface area contributed by atoms with Gasteiger partial charge in [-0.25, -0.2) is 0 Å². The van der Waals surface area contributed by atoms with Crippen LogP contribution in [0.5, 0.6) is 23.0 Å². The Kier molecular flexibility index (Phi) is 8.82. The number of aliphatic hydroxyl groups excluding tert-OH is 1. The Hall–Kier alpha value is -3.72. The number of ketones is 1. The van der Waals surface area contributed by atoms with Gasteiger partial charge in [0.1, 0.15) is 11.5 Å². The second-order valence-corrected chi connectivity index (χ2v) is 8.63. The van der Waals surface area contributed by atoms with Gasteiger partial charge in [-0.2, -0.15) is 0 Å². The van der Waals surface area contributed by atoms with Crippen LogP contribution in [0, 0.1) is 0 Å². The number of benzene rings is 2. The molecule has 36 heavy (non-hydrogen) atoms. The molecule has 0 aliphatic carbocycles.